The Morgan fingerprint density at radius 3 is 2.75 bits per heavy atom. The zero-order chi connectivity index (χ0) is 8.81. The molecular weight excluding hydrogens is 154 g/mol. The van der Waals surface area contributed by atoms with E-state index in [9.17, 15) is 4.79 Å². The summed E-state index contributed by atoms with van der Waals surface area (Å²) in [5.41, 5.74) is 0. The van der Waals surface area contributed by atoms with Gasteiger partial charge in [0.1, 0.15) is 6.61 Å². The van der Waals surface area contributed by atoms with Crippen LogP contribution in [0.1, 0.15) is 32.1 Å². The van der Waals surface area contributed by atoms with E-state index in [-0.39, 0.29) is 18.5 Å². The van der Waals surface area contributed by atoms with Crippen molar-refractivity contribution in [2.24, 2.45) is 5.92 Å². The van der Waals surface area contributed by atoms with Crippen molar-refractivity contribution in [2.75, 3.05) is 6.61 Å². The van der Waals surface area contributed by atoms with Gasteiger partial charge in [0, 0.05) is 0 Å². The lowest BCUT2D eigenvalue weighted by Crippen LogP contribution is -2.14. The molecule has 1 aliphatic carbocycles. The summed E-state index contributed by atoms with van der Waals surface area (Å²) in [6, 6.07) is 1.94. The SMILES string of the molecule is N#CCCOC(=O)C1CCCC1. The molecule has 0 unspecified atom stereocenters. The second-order valence-electron chi connectivity index (χ2n) is 3.06. The molecule has 1 aliphatic rings. The first-order valence-electron chi connectivity index (χ1n) is 4.38. The zero-order valence-corrected chi connectivity index (χ0v) is 7.08. The smallest absolute Gasteiger partial charge is 0.308 e. The summed E-state index contributed by atoms with van der Waals surface area (Å²) in [5.74, 6) is 0.00597. The third-order valence-electron chi connectivity index (χ3n) is 2.15. The van der Waals surface area contributed by atoms with Crippen LogP contribution in [0.15, 0.2) is 0 Å². The highest BCUT2D eigenvalue weighted by molar-refractivity contribution is 5.72. The third kappa shape index (κ3) is 2.54. The van der Waals surface area contributed by atoms with E-state index in [0.717, 1.165) is 25.7 Å². The van der Waals surface area contributed by atoms with Gasteiger partial charge in [-0.05, 0) is 12.8 Å². The molecule has 66 valence electrons. The van der Waals surface area contributed by atoms with Crippen LogP contribution in [-0.2, 0) is 9.53 Å². The molecule has 3 nitrogen and oxygen atoms in total. The number of nitrogens with zero attached hydrogens (tertiary/aromatic N) is 1. The van der Waals surface area contributed by atoms with Crippen molar-refractivity contribution in [1.82, 2.24) is 0 Å². The number of hydrogen-bond donors (Lipinski definition) is 0. The zero-order valence-electron chi connectivity index (χ0n) is 7.08. The molecule has 0 saturated heterocycles. The summed E-state index contributed by atoms with van der Waals surface area (Å²) in [4.78, 5) is 11.2. The molecule has 12 heavy (non-hydrogen) atoms. The maximum atomic E-state index is 11.2. The van der Waals surface area contributed by atoms with Crippen LogP contribution in [0.3, 0.4) is 0 Å². The molecule has 0 aromatic rings. The van der Waals surface area contributed by atoms with Crippen molar-refractivity contribution < 1.29 is 9.53 Å². The van der Waals surface area contributed by atoms with Crippen LogP contribution in [0.25, 0.3) is 0 Å². The highest BCUT2D eigenvalue weighted by Gasteiger charge is 2.23. The van der Waals surface area contributed by atoms with Crippen molar-refractivity contribution in [3.63, 3.8) is 0 Å². The summed E-state index contributed by atoms with van der Waals surface area (Å²) in [7, 11) is 0. The van der Waals surface area contributed by atoms with Crippen LogP contribution in [-0.4, -0.2) is 12.6 Å². The minimum atomic E-state index is -0.109. The lowest BCUT2D eigenvalue weighted by molar-refractivity contribution is -0.148. The summed E-state index contributed by atoms with van der Waals surface area (Å²) in [5, 5.41) is 8.20. The molecule has 0 atom stereocenters. The van der Waals surface area contributed by atoms with Gasteiger partial charge in [-0.2, -0.15) is 5.26 Å². The number of carbonyl (C=O) groups is 1. The first kappa shape index (κ1) is 9.05. The van der Waals surface area contributed by atoms with Gasteiger partial charge in [-0.25, -0.2) is 0 Å². The van der Waals surface area contributed by atoms with Crippen molar-refractivity contribution in [3.8, 4) is 6.07 Å². The number of nitriles is 1. The fraction of sp³-hybridized carbons (Fsp3) is 0.778. The quantitative estimate of drug-likeness (QED) is 0.474. The Morgan fingerprint density at radius 2 is 2.17 bits per heavy atom. The maximum absolute atomic E-state index is 11.2. The lowest BCUT2D eigenvalue weighted by atomic mass is 10.1. The minimum Gasteiger partial charge on any atom is -0.464 e. The van der Waals surface area contributed by atoms with E-state index >= 15 is 0 Å². The first-order chi connectivity index (χ1) is 5.84. The average molecular weight is 167 g/mol. The van der Waals surface area contributed by atoms with Gasteiger partial charge in [-0.3, -0.25) is 4.79 Å². The number of carbonyl (C=O) groups excluding carboxylic acids is 1. The number of hydrogen-bond acceptors (Lipinski definition) is 3. The van der Waals surface area contributed by atoms with E-state index in [2.05, 4.69) is 0 Å². The van der Waals surface area contributed by atoms with Gasteiger partial charge >= 0.3 is 5.97 Å². The van der Waals surface area contributed by atoms with Gasteiger partial charge in [0.2, 0.25) is 0 Å². The molecular formula is C9H13NO2. The Balaban J connectivity index is 2.15. The molecule has 1 saturated carbocycles. The van der Waals surface area contributed by atoms with Gasteiger partial charge in [0.25, 0.3) is 0 Å². The number of ether oxygens (including phenoxy) is 1. The topological polar surface area (TPSA) is 50.1 Å². The van der Waals surface area contributed by atoms with E-state index in [1.165, 1.54) is 0 Å². The van der Waals surface area contributed by atoms with E-state index in [0.29, 0.717) is 6.42 Å². The predicted molar refractivity (Wildman–Crippen MR) is 43.1 cm³/mol. The van der Waals surface area contributed by atoms with Gasteiger partial charge in [0.05, 0.1) is 18.4 Å². The van der Waals surface area contributed by atoms with Gasteiger partial charge in [-0.1, -0.05) is 12.8 Å². The maximum Gasteiger partial charge on any atom is 0.308 e. The molecule has 0 aromatic heterocycles. The monoisotopic (exact) mass is 167 g/mol. The van der Waals surface area contributed by atoms with Crippen LogP contribution in [0, 0.1) is 17.2 Å². The van der Waals surface area contributed by atoms with Crippen molar-refractivity contribution in [1.29, 1.82) is 5.26 Å². The Hall–Kier alpha value is -1.04. The van der Waals surface area contributed by atoms with Crippen LogP contribution in [0.2, 0.25) is 0 Å². The van der Waals surface area contributed by atoms with Crippen LogP contribution >= 0.6 is 0 Å². The largest absolute Gasteiger partial charge is 0.464 e. The molecule has 3 heteroatoms. The Morgan fingerprint density at radius 1 is 1.50 bits per heavy atom. The average Bonchev–Trinajstić information content (AvgIpc) is 2.56. The lowest BCUT2D eigenvalue weighted by Gasteiger charge is -2.07. The van der Waals surface area contributed by atoms with E-state index in [1.807, 2.05) is 6.07 Å². The van der Waals surface area contributed by atoms with Gasteiger partial charge in [-0.15, -0.1) is 0 Å². The molecule has 0 radical (unpaired) electrons. The van der Waals surface area contributed by atoms with Crippen LogP contribution in [0.5, 0.6) is 0 Å². The predicted octanol–water partition coefficient (Wildman–Crippen LogP) is 1.63. The van der Waals surface area contributed by atoms with E-state index < -0.39 is 0 Å². The van der Waals surface area contributed by atoms with Crippen molar-refractivity contribution >= 4 is 5.97 Å². The molecule has 0 bridgehead atoms. The fourth-order valence-electron chi connectivity index (χ4n) is 1.48. The summed E-state index contributed by atoms with van der Waals surface area (Å²) in [6.07, 6.45) is 4.51. The first-order valence-corrected chi connectivity index (χ1v) is 4.38. The standard InChI is InChI=1S/C9H13NO2/c10-6-3-7-12-9(11)8-4-1-2-5-8/h8H,1-5,7H2. The van der Waals surface area contributed by atoms with Gasteiger partial charge in [0.15, 0.2) is 0 Å². The highest BCUT2D eigenvalue weighted by Crippen LogP contribution is 2.25. The number of rotatable bonds is 3. The molecule has 0 heterocycles. The molecule has 0 aliphatic heterocycles. The summed E-state index contributed by atoms with van der Waals surface area (Å²) < 4.78 is 4.90. The molecule has 0 N–H and O–H groups in total. The fourth-order valence-corrected chi connectivity index (χ4v) is 1.48. The third-order valence-corrected chi connectivity index (χ3v) is 2.15. The molecule has 0 aromatic carbocycles. The normalized spacial score (nSPS) is 17.2. The van der Waals surface area contributed by atoms with Crippen LogP contribution < -0.4 is 0 Å². The van der Waals surface area contributed by atoms with Crippen LogP contribution in [0.4, 0.5) is 0 Å². The van der Waals surface area contributed by atoms with Crippen molar-refractivity contribution in [2.45, 2.75) is 32.1 Å². The second-order valence-corrected chi connectivity index (χ2v) is 3.06. The Labute approximate surface area is 72.3 Å². The van der Waals surface area contributed by atoms with Gasteiger partial charge < -0.3 is 4.74 Å². The summed E-state index contributed by atoms with van der Waals surface area (Å²) >= 11 is 0. The highest BCUT2D eigenvalue weighted by atomic mass is 16.5. The molecule has 1 rings (SSSR count). The summed E-state index contributed by atoms with van der Waals surface area (Å²) in [6.45, 7) is 0.256. The minimum absolute atomic E-state index is 0.109. The molecule has 1 fully saturated rings. The number of esters is 1. The second kappa shape index (κ2) is 4.76. The Bertz CT molecular complexity index is 189. The molecule has 0 spiro atoms. The van der Waals surface area contributed by atoms with E-state index in [1.54, 1.807) is 0 Å². The Kier molecular flexibility index (Phi) is 3.59. The van der Waals surface area contributed by atoms with Crippen molar-refractivity contribution in [3.05, 3.63) is 0 Å². The molecule has 0 amide bonds. The van der Waals surface area contributed by atoms with E-state index in [4.69, 9.17) is 10.00 Å².